The van der Waals surface area contributed by atoms with Crippen LogP contribution in [-0.4, -0.2) is 11.5 Å². The van der Waals surface area contributed by atoms with E-state index in [1.54, 1.807) is 6.20 Å². The second-order valence-electron chi connectivity index (χ2n) is 6.36. The summed E-state index contributed by atoms with van der Waals surface area (Å²) in [5.41, 5.74) is 1.15. The van der Waals surface area contributed by atoms with E-state index in [0.717, 1.165) is 30.5 Å². The second kappa shape index (κ2) is 7.42. The topological polar surface area (TPSA) is 24.9 Å². The highest BCUT2D eigenvalue weighted by Crippen LogP contribution is 2.39. The zero-order chi connectivity index (χ0) is 14.5. The van der Waals surface area contributed by atoms with Gasteiger partial charge >= 0.3 is 0 Å². The summed E-state index contributed by atoms with van der Waals surface area (Å²) in [6.07, 6.45) is 6.86. The van der Waals surface area contributed by atoms with E-state index in [0.29, 0.717) is 17.0 Å². The molecule has 4 unspecified atom stereocenters. The van der Waals surface area contributed by atoms with Gasteiger partial charge in [0.25, 0.3) is 0 Å². The predicted octanol–water partition coefficient (Wildman–Crippen LogP) is 4.85. The van der Waals surface area contributed by atoms with Gasteiger partial charge in [-0.05, 0) is 55.7 Å². The zero-order valence-electron chi connectivity index (χ0n) is 12.9. The van der Waals surface area contributed by atoms with Crippen LogP contribution in [0.5, 0.6) is 0 Å². The number of hydrogen-bond donors (Lipinski definition) is 1. The van der Waals surface area contributed by atoms with Crippen molar-refractivity contribution in [1.29, 1.82) is 0 Å². The number of nitrogens with one attached hydrogen (secondary N) is 1. The van der Waals surface area contributed by atoms with Gasteiger partial charge in [-0.25, -0.2) is 0 Å². The molecule has 0 spiro atoms. The predicted molar refractivity (Wildman–Crippen MR) is 86.0 cm³/mol. The van der Waals surface area contributed by atoms with Crippen LogP contribution in [0.4, 0.5) is 0 Å². The van der Waals surface area contributed by atoms with Crippen molar-refractivity contribution >= 4 is 11.6 Å². The van der Waals surface area contributed by atoms with Crippen molar-refractivity contribution in [2.45, 2.75) is 52.5 Å². The molecule has 0 amide bonds. The van der Waals surface area contributed by atoms with Gasteiger partial charge in [-0.2, -0.15) is 0 Å². The van der Waals surface area contributed by atoms with Gasteiger partial charge in [0.15, 0.2) is 0 Å². The first-order chi connectivity index (χ1) is 9.61. The third kappa shape index (κ3) is 3.95. The van der Waals surface area contributed by atoms with E-state index < -0.39 is 0 Å². The summed E-state index contributed by atoms with van der Waals surface area (Å²) in [5.74, 6) is 2.37. The van der Waals surface area contributed by atoms with Crippen molar-refractivity contribution in [3.8, 4) is 0 Å². The molecule has 0 radical (unpaired) electrons. The average molecular weight is 295 g/mol. The number of hydrogen-bond acceptors (Lipinski definition) is 2. The molecule has 0 saturated heterocycles. The molecule has 2 nitrogen and oxygen atoms in total. The van der Waals surface area contributed by atoms with Gasteiger partial charge in [0.05, 0.1) is 16.8 Å². The van der Waals surface area contributed by atoms with Crippen LogP contribution in [0, 0.1) is 17.8 Å². The van der Waals surface area contributed by atoms with Crippen LogP contribution in [0.25, 0.3) is 0 Å². The molecule has 20 heavy (non-hydrogen) atoms. The Morgan fingerprint density at radius 3 is 2.70 bits per heavy atom. The monoisotopic (exact) mass is 294 g/mol. The van der Waals surface area contributed by atoms with E-state index in [2.05, 4.69) is 37.1 Å². The van der Waals surface area contributed by atoms with Gasteiger partial charge in [0.2, 0.25) is 0 Å². The Bertz CT molecular complexity index is 404. The van der Waals surface area contributed by atoms with Gasteiger partial charge in [-0.3, -0.25) is 4.98 Å². The van der Waals surface area contributed by atoms with Crippen molar-refractivity contribution in [1.82, 2.24) is 10.3 Å². The molecule has 1 saturated carbocycles. The van der Waals surface area contributed by atoms with Crippen LogP contribution in [0.3, 0.4) is 0 Å². The summed E-state index contributed by atoms with van der Waals surface area (Å²) < 4.78 is 0. The normalized spacial score (nSPS) is 28.3. The minimum atomic E-state index is 0.377. The smallest absolute Gasteiger partial charge is 0.0589 e. The molecule has 1 aromatic heterocycles. The van der Waals surface area contributed by atoms with Crippen LogP contribution in [0.15, 0.2) is 18.3 Å². The number of rotatable bonds is 5. The average Bonchev–Trinajstić information content (AvgIpc) is 2.45. The van der Waals surface area contributed by atoms with Crippen molar-refractivity contribution in [2.75, 3.05) is 6.54 Å². The van der Waals surface area contributed by atoms with Crippen LogP contribution in [0.2, 0.25) is 5.02 Å². The van der Waals surface area contributed by atoms with E-state index in [1.807, 2.05) is 6.07 Å². The van der Waals surface area contributed by atoms with Gasteiger partial charge < -0.3 is 5.32 Å². The van der Waals surface area contributed by atoms with Gasteiger partial charge in [0.1, 0.15) is 0 Å². The number of pyridine rings is 1. The molecule has 0 aromatic carbocycles. The summed E-state index contributed by atoms with van der Waals surface area (Å²) in [5, 5.41) is 4.42. The molecule has 112 valence electrons. The molecule has 1 fully saturated rings. The van der Waals surface area contributed by atoms with Crippen LogP contribution in [0.1, 0.15) is 58.2 Å². The van der Waals surface area contributed by atoms with Crippen LogP contribution < -0.4 is 5.32 Å². The first-order valence-corrected chi connectivity index (χ1v) is 8.34. The summed E-state index contributed by atoms with van der Waals surface area (Å²) in [7, 11) is 0. The fourth-order valence-electron chi connectivity index (χ4n) is 3.28. The van der Waals surface area contributed by atoms with Crippen LogP contribution in [-0.2, 0) is 0 Å². The van der Waals surface area contributed by atoms with Crippen LogP contribution >= 0.6 is 11.6 Å². The minimum Gasteiger partial charge on any atom is -0.308 e. The van der Waals surface area contributed by atoms with E-state index >= 15 is 0 Å². The molecule has 0 aliphatic heterocycles. The highest BCUT2D eigenvalue weighted by atomic mass is 35.5. The summed E-state index contributed by atoms with van der Waals surface area (Å²) in [6.45, 7) is 8.04. The molecular weight excluding hydrogens is 268 g/mol. The second-order valence-corrected chi connectivity index (χ2v) is 6.80. The van der Waals surface area contributed by atoms with Gasteiger partial charge in [0, 0.05) is 6.20 Å². The molecule has 4 atom stereocenters. The molecule has 0 bridgehead atoms. The Morgan fingerprint density at radius 1 is 1.30 bits per heavy atom. The maximum absolute atomic E-state index is 5.97. The summed E-state index contributed by atoms with van der Waals surface area (Å²) in [4.78, 5) is 4.56. The molecule has 1 aliphatic rings. The first kappa shape index (κ1) is 15.8. The Hall–Kier alpha value is -0.600. The van der Waals surface area contributed by atoms with Crippen molar-refractivity contribution in [3.63, 3.8) is 0 Å². The van der Waals surface area contributed by atoms with E-state index in [1.165, 1.54) is 19.3 Å². The highest BCUT2D eigenvalue weighted by Gasteiger charge is 2.31. The standard InChI is InChI=1S/C17H27ClN2/c1-4-9-19-17(16-8-7-15(18)11-20-16)14-6-5-12(2)13(3)10-14/h7-8,11-14,17,19H,4-6,9-10H2,1-3H3. The molecule has 2 rings (SSSR count). The number of halogens is 1. The Balaban J connectivity index is 2.12. The zero-order valence-corrected chi connectivity index (χ0v) is 13.7. The van der Waals surface area contributed by atoms with E-state index in [-0.39, 0.29) is 0 Å². The largest absolute Gasteiger partial charge is 0.308 e. The van der Waals surface area contributed by atoms with Gasteiger partial charge in [-0.1, -0.05) is 38.8 Å². The summed E-state index contributed by atoms with van der Waals surface area (Å²) >= 11 is 5.97. The van der Waals surface area contributed by atoms with E-state index in [9.17, 15) is 0 Å². The minimum absolute atomic E-state index is 0.377. The maximum atomic E-state index is 5.97. The SMILES string of the molecule is CCCNC(c1ccc(Cl)cn1)C1CCC(C)C(C)C1. The third-order valence-corrected chi connectivity index (χ3v) is 5.02. The van der Waals surface area contributed by atoms with Crippen molar-refractivity contribution in [3.05, 3.63) is 29.0 Å². The molecule has 1 aliphatic carbocycles. The Kier molecular flexibility index (Phi) is 5.86. The lowest BCUT2D eigenvalue weighted by Crippen LogP contribution is -2.34. The number of nitrogens with zero attached hydrogens (tertiary/aromatic N) is 1. The Morgan fingerprint density at radius 2 is 2.10 bits per heavy atom. The first-order valence-electron chi connectivity index (χ1n) is 7.96. The lowest BCUT2D eigenvalue weighted by molar-refractivity contribution is 0.169. The quantitative estimate of drug-likeness (QED) is 0.840. The summed E-state index contributed by atoms with van der Waals surface area (Å²) in [6, 6.07) is 4.42. The molecule has 3 heteroatoms. The Labute approximate surface area is 128 Å². The highest BCUT2D eigenvalue weighted by molar-refractivity contribution is 6.30. The molecular formula is C17H27ClN2. The fraction of sp³-hybridized carbons (Fsp3) is 0.706. The van der Waals surface area contributed by atoms with E-state index in [4.69, 9.17) is 11.6 Å². The molecule has 1 heterocycles. The van der Waals surface area contributed by atoms with Crippen molar-refractivity contribution in [2.24, 2.45) is 17.8 Å². The number of aromatic nitrogens is 1. The van der Waals surface area contributed by atoms with Gasteiger partial charge in [-0.15, -0.1) is 0 Å². The van der Waals surface area contributed by atoms with Crippen molar-refractivity contribution < 1.29 is 0 Å². The lowest BCUT2D eigenvalue weighted by Gasteiger charge is -2.37. The fourth-order valence-corrected chi connectivity index (χ4v) is 3.39. The lowest BCUT2D eigenvalue weighted by atomic mass is 9.72. The third-order valence-electron chi connectivity index (χ3n) is 4.79. The maximum Gasteiger partial charge on any atom is 0.0589 e. The molecule has 1 N–H and O–H groups in total. The molecule has 1 aromatic rings.